The molecule has 1 fully saturated rings. The van der Waals surface area contributed by atoms with Crippen molar-refractivity contribution in [2.45, 2.75) is 33.1 Å². The van der Waals surface area contributed by atoms with E-state index in [1.165, 1.54) is 0 Å². The number of carboxylic acid groups (broad SMARTS) is 1. The molecule has 0 spiro atoms. The summed E-state index contributed by atoms with van der Waals surface area (Å²) in [6, 6.07) is 0. The van der Waals surface area contributed by atoms with Crippen molar-refractivity contribution in [2.75, 3.05) is 13.1 Å². The number of rotatable bonds is 4. The highest BCUT2D eigenvalue weighted by atomic mass is 16.4. The van der Waals surface area contributed by atoms with E-state index in [1.807, 2.05) is 0 Å². The lowest BCUT2D eigenvalue weighted by Crippen LogP contribution is -2.43. The number of carbonyl (C=O) groups excluding carboxylic acids is 1. The molecule has 0 aliphatic carbocycles. The van der Waals surface area contributed by atoms with E-state index in [-0.39, 0.29) is 11.8 Å². The Bertz CT molecular complexity index is 250. The van der Waals surface area contributed by atoms with Crippen LogP contribution in [-0.4, -0.2) is 35.0 Å². The second kappa shape index (κ2) is 5.14. The van der Waals surface area contributed by atoms with Crippen LogP contribution in [0.3, 0.4) is 0 Å². The van der Waals surface area contributed by atoms with E-state index >= 15 is 0 Å². The van der Waals surface area contributed by atoms with Crippen LogP contribution >= 0.6 is 0 Å². The summed E-state index contributed by atoms with van der Waals surface area (Å²) in [7, 11) is 0. The lowest BCUT2D eigenvalue weighted by atomic mass is 9.97. The molecule has 0 aromatic rings. The second-order valence-corrected chi connectivity index (χ2v) is 4.60. The quantitative estimate of drug-likeness (QED) is 0.767. The maximum atomic E-state index is 11.5. The fourth-order valence-corrected chi connectivity index (χ4v) is 1.75. The number of hydrogen-bond donors (Lipinski definition) is 1. The number of carboxylic acids is 1. The molecule has 86 valence electrons. The van der Waals surface area contributed by atoms with Crippen molar-refractivity contribution >= 4 is 11.9 Å². The minimum absolute atomic E-state index is 0.105. The van der Waals surface area contributed by atoms with Gasteiger partial charge < -0.3 is 10.0 Å². The SMILES string of the molecule is CC(C)CCN1CC(C(=O)O)CCC1=O. The van der Waals surface area contributed by atoms with Gasteiger partial charge >= 0.3 is 5.97 Å². The summed E-state index contributed by atoms with van der Waals surface area (Å²) in [5.41, 5.74) is 0. The molecule has 1 aliphatic rings. The normalized spacial score (nSPS) is 22.2. The minimum Gasteiger partial charge on any atom is -0.481 e. The van der Waals surface area contributed by atoms with E-state index in [0.717, 1.165) is 6.42 Å². The molecule has 1 amide bonds. The Morgan fingerprint density at radius 1 is 1.60 bits per heavy atom. The summed E-state index contributed by atoms with van der Waals surface area (Å²) < 4.78 is 0. The molecular formula is C11H19NO3. The molecule has 4 heteroatoms. The van der Waals surface area contributed by atoms with Crippen molar-refractivity contribution in [2.24, 2.45) is 11.8 Å². The summed E-state index contributed by atoms with van der Waals surface area (Å²) in [5.74, 6) is -0.497. The average molecular weight is 213 g/mol. The molecule has 0 aromatic carbocycles. The van der Waals surface area contributed by atoms with Crippen LogP contribution in [0.25, 0.3) is 0 Å². The Morgan fingerprint density at radius 2 is 2.27 bits per heavy atom. The van der Waals surface area contributed by atoms with Crippen molar-refractivity contribution in [1.82, 2.24) is 4.90 Å². The highest BCUT2D eigenvalue weighted by Gasteiger charge is 2.29. The number of hydrogen-bond acceptors (Lipinski definition) is 2. The Labute approximate surface area is 90.3 Å². The summed E-state index contributed by atoms with van der Waals surface area (Å²) >= 11 is 0. The number of amides is 1. The first-order valence-electron chi connectivity index (χ1n) is 5.51. The van der Waals surface area contributed by atoms with Gasteiger partial charge in [-0.25, -0.2) is 0 Å². The van der Waals surface area contributed by atoms with Crippen molar-refractivity contribution in [1.29, 1.82) is 0 Å². The van der Waals surface area contributed by atoms with Crippen LogP contribution in [0, 0.1) is 11.8 Å². The molecule has 0 saturated carbocycles. The van der Waals surface area contributed by atoms with Crippen LogP contribution in [-0.2, 0) is 9.59 Å². The van der Waals surface area contributed by atoms with Crippen LogP contribution in [0.5, 0.6) is 0 Å². The molecule has 0 bridgehead atoms. The summed E-state index contributed by atoms with van der Waals surface area (Å²) in [6.45, 7) is 5.29. The Hall–Kier alpha value is -1.06. The Balaban J connectivity index is 2.46. The zero-order valence-corrected chi connectivity index (χ0v) is 9.40. The van der Waals surface area contributed by atoms with Crippen LogP contribution in [0.4, 0.5) is 0 Å². The molecule has 1 N–H and O–H groups in total. The van der Waals surface area contributed by atoms with Gasteiger partial charge in [-0.15, -0.1) is 0 Å². The number of aliphatic carboxylic acids is 1. The lowest BCUT2D eigenvalue weighted by molar-refractivity contribution is -0.147. The zero-order chi connectivity index (χ0) is 11.4. The maximum Gasteiger partial charge on any atom is 0.308 e. The van der Waals surface area contributed by atoms with Crippen LogP contribution in [0.15, 0.2) is 0 Å². The van der Waals surface area contributed by atoms with E-state index in [4.69, 9.17) is 5.11 Å². The van der Waals surface area contributed by atoms with Gasteiger partial charge in [-0.05, 0) is 18.8 Å². The first kappa shape index (κ1) is 12.0. The molecule has 0 aromatic heterocycles. The maximum absolute atomic E-state index is 11.5. The van der Waals surface area contributed by atoms with Crippen LogP contribution in [0.2, 0.25) is 0 Å². The highest BCUT2D eigenvalue weighted by molar-refractivity contribution is 5.80. The van der Waals surface area contributed by atoms with Gasteiger partial charge in [-0.3, -0.25) is 9.59 Å². The van der Waals surface area contributed by atoms with E-state index in [1.54, 1.807) is 4.90 Å². The number of piperidine rings is 1. The summed E-state index contributed by atoms with van der Waals surface area (Å²) in [5, 5.41) is 8.88. The molecule has 1 saturated heterocycles. The molecule has 1 rings (SSSR count). The summed E-state index contributed by atoms with van der Waals surface area (Å²) in [4.78, 5) is 24.0. The van der Waals surface area contributed by atoms with Crippen molar-refractivity contribution < 1.29 is 14.7 Å². The Morgan fingerprint density at radius 3 is 2.80 bits per heavy atom. The number of likely N-dealkylation sites (tertiary alicyclic amines) is 1. The van der Waals surface area contributed by atoms with Gasteiger partial charge in [0.25, 0.3) is 0 Å². The molecule has 4 nitrogen and oxygen atoms in total. The van der Waals surface area contributed by atoms with E-state index in [9.17, 15) is 9.59 Å². The van der Waals surface area contributed by atoms with Crippen LogP contribution in [0.1, 0.15) is 33.1 Å². The highest BCUT2D eigenvalue weighted by Crippen LogP contribution is 2.18. The molecule has 1 unspecified atom stereocenters. The Kier molecular flexibility index (Phi) is 4.12. The van der Waals surface area contributed by atoms with E-state index in [0.29, 0.717) is 31.8 Å². The average Bonchev–Trinajstić information content (AvgIpc) is 2.16. The molecule has 1 atom stereocenters. The van der Waals surface area contributed by atoms with Gasteiger partial charge in [0, 0.05) is 19.5 Å². The zero-order valence-electron chi connectivity index (χ0n) is 9.40. The third-order valence-electron chi connectivity index (χ3n) is 2.83. The standard InChI is InChI=1S/C11H19NO3/c1-8(2)5-6-12-7-9(11(14)15)3-4-10(12)13/h8-9H,3-7H2,1-2H3,(H,14,15). The molecule has 1 heterocycles. The van der Waals surface area contributed by atoms with Gasteiger partial charge in [-0.2, -0.15) is 0 Å². The molecule has 1 aliphatic heterocycles. The van der Waals surface area contributed by atoms with Crippen molar-refractivity contribution in [3.05, 3.63) is 0 Å². The number of carbonyl (C=O) groups is 2. The molecular weight excluding hydrogens is 194 g/mol. The fraction of sp³-hybridized carbons (Fsp3) is 0.818. The number of nitrogens with zero attached hydrogens (tertiary/aromatic N) is 1. The van der Waals surface area contributed by atoms with Gasteiger partial charge in [0.15, 0.2) is 0 Å². The van der Waals surface area contributed by atoms with Crippen molar-refractivity contribution in [3.8, 4) is 0 Å². The van der Waals surface area contributed by atoms with Crippen molar-refractivity contribution in [3.63, 3.8) is 0 Å². The van der Waals surface area contributed by atoms with Gasteiger partial charge in [0.2, 0.25) is 5.91 Å². The predicted molar refractivity (Wildman–Crippen MR) is 56.4 cm³/mol. The monoisotopic (exact) mass is 213 g/mol. The first-order chi connectivity index (χ1) is 7.00. The lowest BCUT2D eigenvalue weighted by Gasteiger charge is -2.31. The third-order valence-corrected chi connectivity index (χ3v) is 2.83. The van der Waals surface area contributed by atoms with E-state index in [2.05, 4.69) is 13.8 Å². The summed E-state index contributed by atoms with van der Waals surface area (Å²) in [6.07, 6.45) is 1.82. The van der Waals surface area contributed by atoms with Gasteiger partial charge in [0.1, 0.15) is 0 Å². The molecule has 0 radical (unpaired) electrons. The van der Waals surface area contributed by atoms with Crippen LogP contribution < -0.4 is 0 Å². The van der Waals surface area contributed by atoms with Gasteiger partial charge in [-0.1, -0.05) is 13.8 Å². The van der Waals surface area contributed by atoms with Gasteiger partial charge in [0.05, 0.1) is 5.92 Å². The first-order valence-corrected chi connectivity index (χ1v) is 5.51. The predicted octanol–water partition coefficient (Wildman–Crippen LogP) is 1.36. The smallest absolute Gasteiger partial charge is 0.308 e. The largest absolute Gasteiger partial charge is 0.481 e. The minimum atomic E-state index is -0.781. The second-order valence-electron chi connectivity index (χ2n) is 4.60. The fourth-order valence-electron chi connectivity index (χ4n) is 1.75. The van der Waals surface area contributed by atoms with E-state index < -0.39 is 5.97 Å². The molecule has 15 heavy (non-hydrogen) atoms. The topological polar surface area (TPSA) is 57.6 Å². The third kappa shape index (κ3) is 3.53.